The maximum absolute atomic E-state index is 12.9. The summed E-state index contributed by atoms with van der Waals surface area (Å²) in [7, 11) is 0. The van der Waals surface area contributed by atoms with E-state index in [1.807, 2.05) is 72.4 Å². The van der Waals surface area contributed by atoms with Gasteiger partial charge in [-0.2, -0.15) is 5.10 Å². The fraction of sp³-hybridized carbons (Fsp3) is 0.130. The fourth-order valence-electron chi connectivity index (χ4n) is 3.04. The highest BCUT2D eigenvalue weighted by atomic mass is 35.5. The number of thiophene rings is 1. The second-order valence-electron chi connectivity index (χ2n) is 6.83. The summed E-state index contributed by atoms with van der Waals surface area (Å²) in [5.41, 5.74) is 3.57. The molecule has 1 amide bonds. The molecule has 0 aliphatic carbocycles. The molecule has 4 rings (SSSR count). The van der Waals surface area contributed by atoms with Crippen LogP contribution in [0.25, 0.3) is 0 Å². The second kappa shape index (κ2) is 9.08. The first-order chi connectivity index (χ1) is 14.5. The highest BCUT2D eigenvalue weighted by Crippen LogP contribution is 2.33. The van der Waals surface area contributed by atoms with Crippen molar-refractivity contribution in [2.75, 3.05) is 5.32 Å². The number of halogens is 1. The maximum atomic E-state index is 12.9. The number of hydrogen-bond acceptors (Lipinski definition) is 4. The summed E-state index contributed by atoms with van der Waals surface area (Å²) in [5.74, 6) is -0.112. The van der Waals surface area contributed by atoms with E-state index in [0.717, 1.165) is 32.4 Å². The predicted molar refractivity (Wildman–Crippen MR) is 125 cm³/mol. The van der Waals surface area contributed by atoms with Gasteiger partial charge in [-0.05, 0) is 55.1 Å². The van der Waals surface area contributed by atoms with Crippen molar-refractivity contribution in [3.8, 4) is 0 Å². The number of rotatable bonds is 6. The lowest BCUT2D eigenvalue weighted by Gasteiger charge is -2.10. The third-order valence-corrected chi connectivity index (χ3v) is 7.22. The number of nitrogens with one attached hydrogen (secondary N) is 1. The predicted octanol–water partition coefficient (Wildman–Crippen LogP) is 6.67. The Morgan fingerprint density at radius 1 is 1.13 bits per heavy atom. The normalized spacial score (nSPS) is 10.9. The third kappa shape index (κ3) is 4.61. The van der Waals surface area contributed by atoms with Gasteiger partial charge < -0.3 is 5.32 Å². The lowest BCUT2D eigenvalue weighted by atomic mass is 10.2. The van der Waals surface area contributed by atoms with Crippen molar-refractivity contribution < 1.29 is 4.79 Å². The maximum Gasteiger partial charge on any atom is 0.265 e. The van der Waals surface area contributed by atoms with E-state index >= 15 is 0 Å². The molecule has 0 aliphatic heterocycles. The highest BCUT2D eigenvalue weighted by Gasteiger charge is 2.14. The van der Waals surface area contributed by atoms with E-state index < -0.39 is 0 Å². The molecule has 4 nitrogen and oxygen atoms in total. The molecule has 0 unspecified atom stereocenters. The minimum Gasteiger partial charge on any atom is -0.320 e. The first-order valence-electron chi connectivity index (χ1n) is 9.41. The average Bonchev–Trinajstić information content (AvgIpc) is 3.31. The van der Waals surface area contributed by atoms with E-state index in [1.165, 1.54) is 11.3 Å². The number of benzene rings is 2. The van der Waals surface area contributed by atoms with Crippen molar-refractivity contribution in [2.24, 2.45) is 0 Å². The number of aromatic nitrogens is 2. The summed E-state index contributed by atoms with van der Waals surface area (Å²) in [4.78, 5) is 15.7. The molecule has 0 radical (unpaired) electrons. The molecule has 7 heteroatoms. The van der Waals surface area contributed by atoms with Crippen molar-refractivity contribution in [3.63, 3.8) is 0 Å². The quantitative estimate of drug-likeness (QED) is 0.354. The average molecular weight is 454 g/mol. The molecule has 2 aromatic carbocycles. The molecule has 152 valence electrons. The van der Waals surface area contributed by atoms with Crippen molar-refractivity contribution in [2.45, 2.75) is 30.2 Å². The van der Waals surface area contributed by atoms with Gasteiger partial charge >= 0.3 is 0 Å². The summed E-state index contributed by atoms with van der Waals surface area (Å²) < 4.78 is 1.87. The minimum absolute atomic E-state index is 0.112. The van der Waals surface area contributed by atoms with Crippen LogP contribution in [0.1, 0.15) is 26.6 Å². The number of aryl methyl sites for hydroxylation is 1. The van der Waals surface area contributed by atoms with E-state index in [1.54, 1.807) is 11.8 Å². The van der Waals surface area contributed by atoms with Gasteiger partial charge in [-0.3, -0.25) is 9.48 Å². The first-order valence-corrected chi connectivity index (χ1v) is 11.5. The standard InChI is InChI=1S/C23H20ClN3OS2/c1-15-22(24)16(2)27(26-15)13-17-12-21(29-14-17)23(28)25-19-10-6-7-11-20(19)30-18-8-4-3-5-9-18/h3-12,14H,13H2,1-2H3,(H,25,28). The number of carbonyl (C=O) groups is 1. The summed E-state index contributed by atoms with van der Waals surface area (Å²) >= 11 is 9.29. The molecular weight excluding hydrogens is 434 g/mol. The summed E-state index contributed by atoms with van der Waals surface area (Å²) in [6, 6.07) is 19.9. The molecule has 0 spiro atoms. The molecule has 2 aromatic heterocycles. The van der Waals surface area contributed by atoms with Crippen LogP contribution in [-0.4, -0.2) is 15.7 Å². The molecule has 30 heavy (non-hydrogen) atoms. The van der Waals surface area contributed by atoms with Crippen LogP contribution in [0.15, 0.2) is 75.8 Å². The number of carbonyl (C=O) groups excluding carboxylic acids is 1. The SMILES string of the molecule is Cc1nn(Cc2csc(C(=O)Nc3ccccc3Sc3ccccc3)c2)c(C)c1Cl. The van der Waals surface area contributed by atoms with Gasteiger partial charge in [0.15, 0.2) is 0 Å². The molecule has 1 N–H and O–H groups in total. The Labute approximate surface area is 188 Å². The molecule has 0 saturated heterocycles. The van der Waals surface area contributed by atoms with Crippen LogP contribution < -0.4 is 5.32 Å². The summed E-state index contributed by atoms with van der Waals surface area (Å²) in [6.45, 7) is 4.43. The van der Waals surface area contributed by atoms with Gasteiger partial charge in [0.05, 0.1) is 33.5 Å². The molecule has 4 aromatic rings. The van der Waals surface area contributed by atoms with Crippen LogP contribution in [0, 0.1) is 13.8 Å². The van der Waals surface area contributed by atoms with Gasteiger partial charge in [0, 0.05) is 9.79 Å². The molecule has 0 bridgehead atoms. The van der Waals surface area contributed by atoms with Crippen LogP contribution in [0.2, 0.25) is 5.02 Å². The van der Waals surface area contributed by atoms with Crippen molar-refractivity contribution in [3.05, 3.63) is 92.9 Å². The number of anilines is 1. The summed E-state index contributed by atoms with van der Waals surface area (Å²) in [6.07, 6.45) is 0. The Bertz CT molecular complexity index is 1180. The van der Waals surface area contributed by atoms with Crippen LogP contribution in [-0.2, 0) is 6.54 Å². The Hall–Kier alpha value is -2.54. The largest absolute Gasteiger partial charge is 0.320 e. The van der Waals surface area contributed by atoms with E-state index in [0.29, 0.717) is 16.4 Å². The number of hydrogen-bond donors (Lipinski definition) is 1. The lowest BCUT2D eigenvalue weighted by molar-refractivity contribution is 0.103. The molecule has 0 aliphatic rings. The van der Waals surface area contributed by atoms with E-state index in [2.05, 4.69) is 22.5 Å². The first kappa shape index (κ1) is 20.7. The molecular formula is C23H20ClN3OS2. The minimum atomic E-state index is -0.112. The summed E-state index contributed by atoms with van der Waals surface area (Å²) in [5, 5.41) is 10.2. The highest BCUT2D eigenvalue weighted by molar-refractivity contribution is 7.99. The molecule has 0 saturated carbocycles. The van der Waals surface area contributed by atoms with Crippen molar-refractivity contribution >= 4 is 46.3 Å². The van der Waals surface area contributed by atoms with Crippen LogP contribution >= 0.6 is 34.7 Å². The van der Waals surface area contributed by atoms with Crippen molar-refractivity contribution in [1.29, 1.82) is 0 Å². The van der Waals surface area contributed by atoms with Gasteiger partial charge in [0.2, 0.25) is 0 Å². The number of amides is 1. The fourth-order valence-corrected chi connectivity index (χ4v) is 4.89. The van der Waals surface area contributed by atoms with Gasteiger partial charge in [-0.25, -0.2) is 0 Å². The van der Waals surface area contributed by atoms with Gasteiger partial charge in [0.25, 0.3) is 5.91 Å². The zero-order valence-electron chi connectivity index (χ0n) is 16.6. The van der Waals surface area contributed by atoms with E-state index in [9.17, 15) is 4.79 Å². The van der Waals surface area contributed by atoms with Crippen LogP contribution in [0.5, 0.6) is 0 Å². The van der Waals surface area contributed by atoms with Crippen LogP contribution in [0.4, 0.5) is 5.69 Å². The molecule has 0 atom stereocenters. The Morgan fingerprint density at radius 2 is 1.87 bits per heavy atom. The number of para-hydroxylation sites is 1. The van der Waals surface area contributed by atoms with Crippen molar-refractivity contribution in [1.82, 2.24) is 9.78 Å². The van der Waals surface area contributed by atoms with E-state index in [-0.39, 0.29) is 5.91 Å². The Morgan fingerprint density at radius 3 is 2.60 bits per heavy atom. The van der Waals surface area contributed by atoms with Gasteiger partial charge in [0.1, 0.15) is 0 Å². The third-order valence-electron chi connectivity index (χ3n) is 4.61. The van der Waals surface area contributed by atoms with Gasteiger partial charge in [-0.1, -0.05) is 53.7 Å². The smallest absolute Gasteiger partial charge is 0.265 e. The zero-order valence-corrected chi connectivity index (χ0v) is 18.9. The molecule has 2 heterocycles. The molecule has 0 fully saturated rings. The zero-order chi connectivity index (χ0) is 21.1. The van der Waals surface area contributed by atoms with E-state index in [4.69, 9.17) is 11.6 Å². The second-order valence-corrected chi connectivity index (χ2v) is 9.23. The van der Waals surface area contributed by atoms with Crippen LogP contribution in [0.3, 0.4) is 0 Å². The Balaban J connectivity index is 1.48. The lowest BCUT2D eigenvalue weighted by Crippen LogP contribution is -2.11. The topological polar surface area (TPSA) is 46.9 Å². The Kier molecular flexibility index (Phi) is 6.27. The van der Waals surface area contributed by atoms with Gasteiger partial charge in [-0.15, -0.1) is 11.3 Å². The monoisotopic (exact) mass is 453 g/mol. The number of nitrogens with zero attached hydrogens (tertiary/aromatic N) is 2.